The number of carbonyl (C=O) groups excluding carboxylic acids is 2. The number of nitrogens with one attached hydrogen (secondary N) is 2. The van der Waals surface area contributed by atoms with Gasteiger partial charge in [-0.15, -0.1) is 0 Å². The van der Waals surface area contributed by atoms with Crippen LogP contribution in [0.4, 0.5) is 4.79 Å². The Morgan fingerprint density at radius 3 is 2.38 bits per heavy atom. The molecule has 0 aliphatic heterocycles. The van der Waals surface area contributed by atoms with Gasteiger partial charge < -0.3 is 20.3 Å². The van der Waals surface area contributed by atoms with Crippen molar-refractivity contribution in [1.29, 1.82) is 0 Å². The monoisotopic (exact) mass is 395 g/mol. The van der Waals surface area contributed by atoms with E-state index in [1.54, 1.807) is 19.1 Å². The molecule has 0 saturated heterocycles. The summed E-state index contributed by atoms with van der Waals surface area (Å²) in [5.74, 6) is 0.692. The third-order valence-electron chi connectivity index (χ3n) is 5.46. The lowest BCUT2D eigenvalue weighted by Crippen LogP contribution is -2.59. The fourth-order valence-corrected chi connectivity index (χ4v) is 3.94. The summed E-state index contributed by atoms with van der Waals surface area (Å²) in [4.78, 5) is 27.6. The predicted octanol–water partition coefficient (Wildman–Crippen LogP) is 3.47. The zero-order valence-corrected chi connectivity index (χ0v) is 17.1. The van der Waals surface area contributed by atoms with Crippen LogP contribution in [0.25, 0.3) is 0 Å². The third kappa shape index (κ3) is 5.08. The van der Waals surface area contributed by atoms with Crippen molar-refractivity contribution in [2.24, 2.45) is 0 Å². The van der Waals surface area contributed by atoms with Crippen molar-refractivity contribution in [3.05, 3.63) is 65.7 Å². The van der Waals surface area contributed by atoms with Gasteiger partial charge in [0.25, 0.3) is 0 Å². The van der Waals surface area contributed by atoms with E-state index < -0.39 is 5.54 Å². The summed E-state index contributed by atoms with van der Waals surface area (Å²) in [5.41, 5.74) is 1.10. The second-order valence-corrected chi connectivity index (χ2v) is 7.56. The SMILES string of the molecule is COc1ccccc1CN(C)C(=O)C1(NC(=O)NCc2ccccc2)CCCC1. The molecule has 0 heterocycles. The number of para-hydroxylation sites is 1. The van der Waals surface area contributed by atoms with Crippen LogP contribution in [0.1, 0.15) is 36.8 Å². The van der Waals surface area contributed by atoms with Crippen molar-refractivity contribution < 1.29 is 14.3 Å². The third-order valence-corrected chi connectivity index (χ3v) is 5.46. The van der Waals surface area contributed by atoms with Crippen LogP contribution in [-0.4, -0.2) is 36.5 Å². The van der Waals surface area contributed by atoms with E-state index in [1.165, 1.54) is 0 Å². The van der Waals surface area contributed by atoms with Crippen molar-refractivity contribution in [1.82, 2.24) is 15.5 Å². The summed E-state index contributed by atoms with van der Waals surface area (Å²) in [6.07, 6.45) is 3.15. The number of hydrogen-bond acceptors (Lipinski definition) is 3. The van der Waals surface area contributed by atoms with E-state index in [9.17, 15) is 9.59 Å². The van der Waals surface area contributed by atoms with Crippen LogP contribution in [0.3, 0.4) is 0 Å². The molecular weight excluding hydrogens is 366 g/mol. The van der Waals surface area contributed by atoms with Crippen LogP contribution in [0.15, 0.2) is 54.6 Å². The summed E-state index contributed by atoms with van der Waals surface area (Å²) < 4.78 is 5.40. The van der Waals surface area contributed by atoms with Crippen LogP contribution in [0.5, 0.6) is 5.75 Å². The van der Waals surface area contributed by atoms with Crippen molar-refractivity contribution in [3.8, 4) is 5.75 Å². The summed E-state index contributed by atoms with van der Waals surface area (Å²) in [6.45, 7) is 0.853. The first-order chi connectivity index (χ1) is 14.0. The normalized spacial score (nSPS) is 14.8. The van der Waals surface area contributed by atoms with Crippen molar-refractivity contribution in [3.63, 3.8) is 0 Å². The van der Waals surface area contributed by atoms with E-state index >= 15 is 0 Å². The molecular formula is C23H29N3O3. The highest BCUT2D eigenvalue weighted by Crippen LogP contribution is 2.32. The number of nitrogens with zero attached hydrogens (tertiary/aromatic N) is 1. The maximum atomic E-state index is 13.3. The second-order valence-electron chi connectivity index (χ2n) is 7.56. The number of likely N-dealkylation sites (N-methyl/N-ethyl adjacent to an activating group) is 1. The van der Waals surface area contributed by atoms with Crippen LogP contribution in [0, 0.1) is 0 Å². The largest absolute Gasteiger partial charge is 0.496 e. The first-order valence-electron chi connectivity index (χ1n) is 10.0. The molecule has 1 aliphatic rings. The fourth-order valence-electron chi connectivity index (χ4n) is 3.94. The Morgan fingerprint density at radius 2 is 1.69 bits per heavy atom. The number of rotatable bonds is 7. The lowest BCUT2D eigenvalue weighted by molar-refractivity contribution is -0.137. The number of urea groups is 1. The first kappa shape index (κ1) is 20.7. The molecule has 2 N–H and O–H groups in total. The van der Waals surface area contributed by atoms with Gasteiger partial charge in [-0.1, -0.05) is 61.4 Å². The minimum absolute atomic E-state index is 0.0595. The van der Waals surface area contributed by atoms with E-state index in [0.717, 1.165) is 29.7 Å². The van der Waals surface area contributed by atoms with Crippen molar-refractivity contribution in [2.75, 3.05) is 14.2 Å². The molecule has 0 atom stereocenters. The Labute approximate surface area is 172 Å². The maximum absolute atomic E-state index is 13.3. The molecule has 1 fully saturated rings. The maximum Gasteiger partial charge on any atom is 0.315 e. The van der Waals surface area contributed by atoms with E-state index in [0.29, 0.717) is 25.9 Å². The van der Waals surface area contributed by atoms with Gasteiger partial charge in [0.1, 0.15) is 11.3 Å². The Balaban J connectivity index is 1.65. The van der Waals surface area contributed by atoms with E-state index in [1.807, 2.05) is 54.6 Å². The zero-order valence-electron chi connectivity index (χ0n) is 17.1. The number of benzene rings is 2. The average molecular weight is 396 g/mol. The highest BCUT2D eigenvalue weighted by Gasteiger charge is 2.44. The first-order valence-corrected chi connectivity index (χ1v) is 10.0. The van der Waals surface area contributed by atoms with E-state index in [4.69, 9.17) is 4.74 Å². The van der Waals surface area contributed by atoms with Gasteiger partial charge in [-0.3, -0.25) is 4.79 Å². The molecule has 0 unspecified atom stereocenters. The van der Waals surface area contributed by atoms with Gasteiger partial charge in [-0.05, 0) is 24.5 Å². The summed E-state index contributed by atoms with van der Waals surface area (Å²) >= 11 is 0. The summed E-state index contributed by atoms with van der Waals surface area (Å²) in [7, 11) is 3.40. The number of amides is 3. The van der Waals surface area contributed by atoms with E-state index in [2.05, 4.69) is 10.6 Å². The van der Waals surface area contributed by atoms with Crippen LogP contribution < -0.4 is 15.4 Å². The molecule has 0 aromatic heterocycles. The van der Waals surface area contributed by atoms with Crippen molar-refractivity contribution in [2.45, 2.75) is 44.3 Å². The zero-order chi connectivity index (χ0) is 20.7. The molecule has 3 rings (SSSR count). The van der Waals surface area contributed by atoms with Crippen LogP contribution >= 0.6 is 0 Å². The molecule has 3 amide bonds. The molecule has 154 valence electrons. The molecule has 6 heteroatoms. The Morgan fingerprint density at radius 1 is 1.03 bits per heavy atom. The van der Waals surface area contributed by atoms with Gasteiger partial charge in [0.15, 0.2) is 0 Å². The van der Waals surface area contributed by atoms with Crippen molar-refractivity contribution >= 4 is 11.9 Å². The van der Waals surface area contributed by atoms with Crippen LogP contribution in [0.2, 0.25) is 0 Å². The topological polar surface area (TPSA) is 70.7 Å². The molecule has 6 nitrogen and oxygen atoms in total. The molecule has 1 aliphatic carbocycles. The lowest BCUT2D eigenvalue weighted by atomic mass is 9.95. The standard InChI is InChI=1S/C23H29N3O3/c1-26(17-19-12-6-7-13-20(19)29-2)21(27)23(14-8-9-15-23)25-22(28)24-16-18-10-4-3-5-11-18/h3-7,10-13H,8-9,14-17H2,1-2H3,(H2,24,25,28). The highest BCUT2D eigenvalue weighted by molar-refractivity contribution is 5.91. The molecule has 0 spiro atoms. The summed E-state index contributed by atoms with van der Waals surface area (Å²) in [5, 5.41) is 5.86. The molecule has 0 bridgehead atoms. The number of ether oxygens (including phenoxy) is 1. The quantitative estimate of drug-likeness (QED) is 0.754. The highest BCUT2D eigenvalue weighted by atomic mass is 16.5. The molecule has 2 aromatic carbocycles. The summed E-state index contributed by atoms with van der Waals surface area (Å²) in [6, 6.07) is 17.1. The molecule has 29 heavy (non-hydrogen) atoms. The molecule has 0 radical (unpaired) electrons. The molecule has 1 saturated carbocycles. The lowest BCUT2D eigenvalue weighted by Gasteiger charge is -2.33. The van der Waals surface area contributed by atoms with Gasteiger partial charge in [0.05, 0.1) is 7.11 Å². The van der Waals surface area contributed by atoms with Crippen LogP contribution in [-0.2, 0) is 17.9 Å². The number of methoxy groups -OCH3 is 1. The number of carbonyl (C=O) groups is 2. The minimum atomic E-state index is -0.850. The van der Waals surface area contributed by atoms with E-state index in [-0.39, 0.29) is 11.9 Å². The molecule has 2 aromatic rings. The Hall–Kier alpha value is -3.02. The van der Waals surface area contributed by atoms with Gasteiger partial charge in [-0.25, -0.2) is 4.79 Å². The van der Waals surface area contributed by atoms with Gasteiger partial charge in [0, 0.05) is 25.7 Å². The Kier molecular flexibility index (Phi) is 6.75. The smallest absolute Gasteiger partial charge is 0.315 e. The Bertz CT molecular complexity index is 832. The predicted molar refractivity (Wildman–Crippen MR) is 112 cm³/mol. The number of hydrogen-bond donors (Lipinski definition) is 2. The van der Waals surface area contributed by atoms with Gasteiger partial charge >= 0.3 is 6.03 Å². The minimum Gasteiger partial charge on any atom is -0.496 e. The average Bonchev–Trinajstić information content (AvgIpc) is 3.22. The fraction of sp³-hybridized carbons (Fsp3) is 0.391. The second kappa shape index (κ2) is 9.45. The van der Waals surface area contributed by atoms with Gasteiger partial charge in [0.2, 0.25) is 5.91 Å². The van der Waals surface area contributed by atoms with Gasteiger partial charge in [-0.2, -0.15) is 0 Å².